The zero-order valence-corrected chi connectivity index (χ0v) is 10.9. The van der Waals surface area contributed by atoms with E-state index in [9.17, 15) is 4.79 Å². The van der Waals surface area contributed by atoms with Crippen LogP contribution in [0, 0.1) is 0 Å². The van der Waals surface area contributed by atoms with Crippen molar-refractivity contribution in [1.82, 2.24) is 4.98 Å². The molecule has 104 valence electrons. The summed E-state index contributed by atoms with van der Waals surface area (Å²) < 4.78 is 5.43. The average Bonchev–Trinajstić information content (AvgIpc) is 2.46. The molecule has 0 aliphatic carbocycles. The van der Waals surface area contributed by atoms with Crippen molar-refractivity contribution in [2.75, 3.05) is 18.5 Å². The average molecular weight is 272 g/mol. The third kappa shape index (κ3) is 3.46. The number of carbonyl (C=O) groups is 1. The molecule has 0 aliphatic rings. The molecule has 2 aromatic rings. The summed E-state index contributed by atoms with van der Waals surface area (Å²) >= 11 is 0. The van der Waals surface area contributed by atoms with Crippen LogP contribution in [0.25, 0.3) is 0 Å². The maximum absolute atomic E-state index is 11.3. The van der Waals surface area contributed by atoms with Crippen LogP contribution in [-0.4, -0.2) is 24.0 Å². The number of nitrogens with two attached hydrogens (primary N) is 2. The Hall–Kier alpha value is -2.60. The Morgan fingerprint density at radius 1 is 1.30 bits per heavy atom. The van der Waals surface area contributed by atoms with Crippen molar-refractivity contribution in [2.45, 2.75) is 0 Å². The largest absolute Gasteiger partial charge is 0.492 e. The monoisotopic (exact) mass is 272 g/mol. The third-order valence-corrected chi connectivity index (χ3v) is 2.56. The summed E-state index contributed by atoms with van der Waals surface area (Å²) in [7, 11) is 0. The van der Waals surface area contributed by atoms with Crippen LogP contribution < -0.4 is 21.5 Å². The maximum atomic E-state index is 11.3. The van der Waals surface area contributed by atoms with E-state index in [1.807, 2.05) is 18.2 Å². The lowest BCUT2D eigenvalue weighted by Gasteiger charge is -2.10. The summed E-state index contributed by atoms with van der Waals surface area (Å²) in [6.45, 7) is 0.892. The number of rotatable bonds is 6. The molecule has 0 saturated heterocycles. The number of benzene rings is 1. The normalized spacial score (nSPS) is 10.1. The molecule has 0 bridgehead atoms. The Morgan fingerprint density at radius 2 is 2.15 bits per heavy atom. The fourth-order valence-corrected chi connectivity index (χ4v) is 1.68. The Balaban J connectivity index is 2.20. The Morgan fingerprint density at radius 3 is 2.90 bits per heavy atom. The van der Waals surface area contributed by atoms with E-state index >= 15 is 0 Å². The first-order valence-corrected chi connectivity index (χ1v) is 6.15. The van der Waals surface area contributed by atoms with Crippen molar-refractivity contribution in [2.24, 2.45) is 11.5 Å². The molecule has 0 fully saturated rings. The second-order valence-corrected chi connectivity index (χ2v) is 4.05. The Kier molecular flexibility index (Phi) is 4.52. The predicted octanol–water partition coefficient (Wildman–Crippen LogP) is 1.26. The molecule has 5 N–H and O–H groups in total. The first-order chi connectivity index (χ1) is 9.70. The summed E-state index contributed by atoms with van der Waals surface area (Å²) in [6, 6.07) is 10.6. The van der Waals surface area contributed by atoms with Crippen LogP contribution in [0.4, 0.5) is 11.5 Å². The summed E-state index contributed by atoms with van der Waals surface area (Å²) in [5, 5.41) is 3.05. The Bertz CT molecular complexity index is 601. The lowest BCUT2D eigenvalue weighted by atomic mass is 10.2. The van der Waals surface area contributed by atoms with Crippen LogP contribution in [0.2, 0.25) is 0 Å². The maximum Gasteiger partial charge on any atom is 0.252 e. The highest BCUT2D eigenvalue weighted by Crippen LogP contribution is 2.22. The topological polar surface area (TPSA) is 103 Å². The van der Waals surface area contributed by atoms with Crippen LogP contribution in [0.15, 0.2) is 42.6 Å². The molecule has 6 heteroatoms. The molecule has 2 rings (SSSR count). The smallest absolute Gasteiger partial charge is 0.252 e. The molecule has 1 aromatic heterocycles. The second-order valence-electron chi connectivity index (χ2n) is 4.05. The molecular weight excluding hydrogens is 256 g/mol. The third-order valence-electron chi connectivity index (χ3n) is 2.56. The minimum absolute atomic E-state index is 0.334. The number of pyridine rings is 1. The highest BCUT2D eigenvalue weighted by atomic mass is 16.5. The number of aromatic nitrogens is 1. The molecule has 20 heavy (non-hydrogen) atoms. The van der Waals surface area contributed by atoms with Crippen molar-refractivity contribution >= 4 is 17.4 Å². The molecule has 1 amide bonds. The molecule has 1 aromatic carbocycles. The first-order valence-electron chi connectivity index (χ1n) is 6.15. The standard InChI is InChI=1S/C14H16N4O2/c15-6-8-20-11-4-1-3-10(9-11)18-14-12(13(16)19)5-2-7-17-14/h1-5,7,9H,6,8,15H2,(H2,16,19)(H,17,18). The minimum atomic E-state index is -0.531. The van der Waals surface area contributed by atoms with Gasteiger partial charge in [0.2, 0.25) is 0 Å². The molecule has 0 atom stereocenters. The minimum Gasteiger partial charge on any atom is -0.492 e. The zero-order valence-electron chi connectivity index (χ0n) is 10.9. The van der Waals surface area contributed by atoms with Gasteiger partial charge in [0.05, 0.1) is 5.56 Å². The number of nitrogens with zero attached hydrogens (tertiary/aromatic N) is 1. The molecule has 0 saturated carbocycles. The summed E-state index contributed by atoms with van der Waals surface area (Å²) in [4.78, 5) is 15.4. The van der Waals surface area contributed by atoms with Gasteiger partial charge < -0.3 is 21.5 Å². The van der Waals surface area contributed by atoms with E-state index in [4.69, 9.17) is 16.2 Å². The number of hydrogen-bond donors (Lipinski definition) is 3. The quantitative estimate of drug-likeness (QED) is 0.734. The number of amides is 1. The van der Waals surface area contributed by atoms with Crippen molar-refractivity contribution in [3.05, 3.63) is 48.2 Å². The number of nitrogens with one attached hydrogen (secondary N) is 1. The lowest BCUT2D eigenvalue weighted by Crippen LogP contribution is -2.14. The van der Waals surface area contributed by atoms with Crippen LogP contribution >= 0.6 is 0 Å². The van der Waals surface area contributed by atoms with Gasteiger partial charge in [-0.25, -0.2) is 4.98 Å². The molecule has 0 unspecified atom stereocenters. The summed E-state index contributed by atoms with van der Waals surface area (Å²) in [5.41, 5.74) is 11.8. The van der Waals surface area contributed by atoms with E-state index in [0.717, 1.165) is 5.69 Å². The molecule has 0 aliphatic heterocycles. The first kappa shape index (κ1) is 13.8. The fourth-order valence-electron chi connectivity index (χ4n) is 1.68. The molecule has 0 radical (unpaired) electrons. The lowest BCUT2D eigenvalue weighted by molar-refractivity contribution is 0.100. The van der Waals surface area contributed by atoms with Gasteiger partial charge in [0.1, 0.15) is 18.2 Å². The van der Waals surface area contributed by atoms with E-state index in [1.165, 1.54) is 0 Å². The van der Waals surface area contributed by atoms with E-state index in [2.05, 4.69) is 10.3 Å². The number of anilines is 2. The van der Waals surface area contributed by atoms with E-state index < -0.39 is 5.91 Å². The van der Waals surface area contributed by atoms with Crippen molar-refractivity contribution in [3.8, 4) is 5.75 Å². The van der Waals surface area contributed by atoms with Crippen LogP contribution in [0.3, 0.4) is 0 Å². The van der Waals surface area contributed by atoms with Gasteiger partial charge in [0, 0.05) is 24.5 Å². The van der Waals surface area contributed by atoms with Gasteiger partial charge in [0.25, 0.3) is 5.91 Å². The van der Waals surface area contributed by atoms with E-state index in [1.54, 1.807) is 24.4 Å². The SMILES string of the molecule is NCCOc1cccc(Nc2ncccc2C(N)=O)c1. The van der Waals surface area contributed by atoms with Crippen LogP contribution in [-0.2, 0) is 0 Å². The second kappa shape index (κ2) is 6.53. The highest BCUT2D eigenvalue weighted by Gasteiger charge is 2.09. The van der Waals surface area contributed by atoms with E-state index in [0.29, 0.717) is 30.3 Å². The summed E-state index contributed by atoms with van der Waals surface area (Å²) in [5.74, 6) is 0.573. The van der Waals surface area contributed by atoms with Crippen LogP contribution in [0.5, 0.6) is 5.75 Å². The summed E-state index contributed by atoms with van der Waals surface area (Å²) in [6.07, 6.45) is 1.59. The molecule has 6 nitrogen and oxygen atoms in total. The van der Waals surface area contributed by atoms with Crippen molar-refractivity contribution < 1.29 is 9.53 Å². The van der Waals surface area contributed by atoms with Gasteiger partial charge in [-0.15, -0.1) is 0 Å². The highest BCUT2D eigenvalue weighted by molar-refractivity contribution is 5.98. The molecule has 0 spiro atoms. The van der Waals surface area contributed by atoms with Gasteiger partial charge in [0.15, 0.2) is 0 Å². The van der Waals surface area contributed by atoms with Gasteiger partial charge in [-0.3, -0.25) is 4.79 Å². The number of hydrogen-bond acceptors (Lipinski definition) is 5. The van der Waals surface area contributed by atoms with Crippen molar-refractivity contribution in [1.29, 1.82) is 0 Å². The molecular formula is C14H16N4O2. The number of primary amides is 1. The van der Waals surface area contributed by atoms with Gasteiger partial charge in [-0.2, -0.15) is 0 Å². The Labute approximate surface area is 116 Å². The zero-order chi connectivity index (χ0) is 14.4. The fraction of sp³-hybridized carbons (Fsp3) is 0.143. The van der Waals surface area contributed by atoms with Gasteiger partial charge in [-0.05, 0) is 24.3 Å². The van der Waals surface area contributed by atoms with Gasteiger partial charge in [-0.1, -0.05) is 6.07 Å². The number of ether oxygens (including phenoxy) is 1. The predicted molar refractivity (Wildman–Crippen MR) is 77.0 cm³/mol. The van der Waals surface area contributed by atoms with Crippen molar-refractivity contribution in [3.63, 3.8) is 0 Å². The number of carbonyl (C=O) groups excluding carboxylic acids is 1. The van der Waals surface area contributed by atoms with Gasteiger partial charge >= 0.3 is 0 Å². The molecule has 1 heterocycles. The van der Waals surface area contributed by atoms with Crippen LogP contribution in [0.1, 0.15) is 10.4 Å². The van der Waals surface area contributed by atoms with E-state index in [-0.39, 0.29) is 0 Å².